The van der Waals surface area contributed by atoms with E-state index in [4.69, 9.17) is 4.74 Å². The highest BCUT2D eigenvalue weighted by atomic mass is 16.5. The summed E-state index contributed by atoms with van der Waals surface area (Å²) in [5.41, 5.74) is 3.03. The molecule has 2 heteroatoms. The van der Waals surface area contributed by atoms with Crippen LogP contribution in [-0.4, -0.2) is 12.4 Å². The van der Waals surface area contributed by atoms with Crippen LogP contribution in [0.2, 0.25) is 0 Å². The Morgan fingerprint density at radius 3 is 2.59 bits per heavy atom. The van der Waals surface area contributed by atoms with Crippen LogP contribution in [0.1, 0.15) is 51.5 Å². The van der Waals surface area contributed by atoms with Crippen LogP contribution in [-0.2, 0) is 16.0 Å². The maximum Gasteiger partial charge on any atom is 0.187 e. The predicted molar refractivity (Wildman–Crippen MR) is 90.6 cm³/mol. The van der Waals surface area contributed by atoms with Crippen LogP contribution in [0.5, 0.6) is 0 Å². The van der Waals surface area contributed by atoms with E-state index in [1.165, 1.54) is 12.0 Å². The number of Topliss-reactive ketones (excluding diaryl/α,β-unsaturated/α-hetero) is 1. The van der Waals surface area contributed by atoms with Crippen molar-refractivity contribution in [2.45, 2.75) is 52.4 Å². The monoisotopic (exact) mass is 298 g/mol. The van der Waals surface area contributed by atoms with Crippen LogP contribution >= 0.6 is 0 Å². The van der Waals surface area contributed by atoms with Gasteiger partial charge in [0.25, 0.3) is 0 Å². The normalized spacial score (nSPS) is 15.8. The largest absolute Gasteiger partial charge is 0.498 e. The number of carbonyl (C=O) groups is 1. The summed E-state index contributed by atoms with van der Waals surface area (Å²) in [4.78, 5) is 12.6. The van der Waals surface area contributed by atoms with Gasteiger partial charge in [0.2, 0.25) is 0 Å². The average molecular weight is 298 g/mol. The van der Waals surface area contributed by atoms with Gasteiger partial charge in [-0.05, 0) is 57.1 Å². The molecular weight excluding hydrogens is 272 g/mol. The van der Waals surface area contributed by atoms with Gasteiger partial charge in [0.1, 0.15) is 5.76 Å². The van der Waals surface area contributed by atoms with Gasteiger partial charge in [0.05, 0.1) is 6.61 Å². The first-order chi connectivity index (χ1) is 10.7. The molecule has 1 aromatic rings. The van der Waals surface area contributed by atoms with Gasteiger partial charge in [-0.1, -0.05) is 36.4 Å². The first-order valence-electron chi connectivity index (χ1n) is 8.32. The first kappa shape index (κ1) is 16.5. The molecule has 0 saturated carbocycles. The first-order valence-corrected chi connectivity index (χ1v) is 8.32. The minimum atomic E-state index is 0.177. The molecule has 0 bridgehead atoms. The zero-order valence-corrected chi connectivity index (χ0v) is 13.7. The summed E-state index contributed by atoms with van der Waals surface area (Å²) in [5, 5.41) is 0. The Morgan fingerprint density at radius 2 is 1.95 bits per heavy atom. The van der Waals surface area contributed by atoms with Crippen LogP contribution in [0.4, 0.5) is 0 Å². The molecule has 118 valence electrons. The van der Waals surface area contributed by atoms with Crippen molar-refractivity contribution in [2.24, 2.45) is 0 Å². The number of allylic oxidation sites excluding steroid dienone is 4. The van der Waals surface area contributed by atoms with Crippen LogP contribution in [0, 0.1) is 0 Å². The van der Waals surface area contributed by atoms with Crippen molar-refractivity contribution in [1.29, 1.82) is 0 Å². The third-order valence-corrected chi connectivity index (χ3v) is 4.14. The molecule has 0 saturated heterocycles. The molecule has 1 aliphatic rings. The SMILES string of the molecule is CCO/C(CCc1ccccc1)=C(\C)C(=O)C1=CCCCC1. The average Bonchev–Trinajstić information content (AvgIpc) is 2.59. The number of aryl methyl sites for hydroxylation is 1. The van der Waals surface area contributed by atoms with Crippen molar-refractivity contribution >= 4 is 5.78 Å². The van der Waals surface area contributed by atoms with Crippen LogP contribution in [0.3, 0.4) is 0 Å². The smallest absolute Gasteiger partial charge is 0.187 e. The zero-order valence-electron chi connectivity index (χ0n) is 13.7. The molecule has 0 N–H and O–H groups in total. The van der Waals surface area contributed by atoms with Gasteiger partial charge in [-0.25, -0.2) is 0 Å². The van der Waals surface area contributed by atoms with Crippen LogP contribution in [0.15, 0.2) is 53.3 Å². The highest BCUT2D eigenvalue weighted by Crippen LogP contribution is 2.24. The minimum absolute atomic E-state index is 0.177. The lowest BCUT2D eigenvalue weighted by Gasteiger charge is -2.16. The lowest BCUT2D eigenvalue weighted by atomic mass is 9.92. The number of ether oxygens (including phenoxy) is 1. The summed E-state index contributed by atoms with van der Waals surface area (Å²) in [7, 11) is 0. The lowest BCUT2D eigenvalue weighted by molar-refractivity contribution is -0.112. The second kappa shape index (κ2) is 8.57. The molecule has 2 nitrogen and oxygen atoms in total. The summed E-state index contributed by atoms with van der Waals surface area (Å²) < 4.78 is 5.77. The van der Waals surface area contributed by atoms with Crippen LogP contribution in [0.25, 0.3) is 0 Å². The Balaban J connectivity index is 2.09. The molecule has 0 unspecified atom stereocenters. The number of hydrogen-bond donors (Lipinski definition) is 0. The maximum absolute atomic E-state index is 12.6. The van der Waals surface area contributed by atoms with Crippen molar-refractivity contribution in [3.05, 3.63) is 58.9 Å². The third kappa shape index (κ3) is 4.59. The quantitative estimate of drug-likeness (QED) is 0.523. The Hall–Kier alpha value is -1.83. The number of rotatable bonds is 7. The fourth-order valence-corrected chi connectivity index (χ4v) is 2.86. The number of ketones is 1. The fraction of sp³-hybridized carbons (Fsp3) is 0.450. The standard InChI is InChI=1S/C20H26O2/c1-3-22-19(15-14-17-10-6-4-7-11-17)16(2)20(21)18-12-8-5-9-13-18/h4,6-7,10-12H,3,5,8-9,13-15H2,1-2H3/b19-16+. The second-order valence-electron chi connectivity index (χ2n) is 5.77. The predicted octanol–water partition coefficient (Wildman–Crippen LogP) is 5.00. The maximum atomic E-state index is 12.6. The molecule has 0 atom stereocenters. The van der Waals surface area contributed by atoms with Gasteiger partial charge in [-0.2, -0.15) is 0 Å². The van der Waals surface area contributed by atoms with Gasteiger partial charge in [-0.15, -0.1) is 0 Å². The molecule has 0 amide bonds. The zero-order chi connectivity index (χ0) is 15.8. The van der Waals surface area contributed by atoms with Crippen molar-refractivity contribution in [2.75, 3.05) is 6.61 Å². The lowest BCUT2D eigenvalue weighted by Crippen LogP contribution is -2.11. The van der Waals surface area contributed by atoms with Gasteiger partial charge in [-0.3, -0.25) is 4.79 Å². The Labute approximate surface area is 133 Å². The highest BCUT2D eigenvalue weighted by molar-refractivity contribution is 6.08. The molecule has 0 radical (unpaired) electrons. The van der Waals surface area contributed by atoms with Crippen molar-refractivity contribution < 1.29 is 9.53 Å². The molecule has 22 heavy (non-hydrogen) atoms. The van der Waals surface area contributed by atoms with E-state index in [-0.39, 0.29) is 5.78 Å². The molecule has 2 rings (SSSR count). The Kier molecular flexibility index (Phi) is 6.45. The summed E-state index contributed by atoms with van der Waals surface area (Å²) in [6, 6.07) is 10.3. The third-order valence-electron chi connectivity index (χ3n) is 4.14. The van der Waals surface area contributed by atoms with E-state index in [1.54, 1.807) is 0 Å². The Bertz CT molecular complexity index is 552. The van der Waals surface area contributed by atoms with Gasteiger partial charge in [0, 0.05) is 12.0 Å². The summed E-state index contributed by atoms with van der Waals surface area (Å²) >= 11 is 0. The number of hydrogen-bond acceptors (Lipinski definition) is 2. The van der Waals surface area contributed by atoms with E-state index >= 15 is 0 Å². The molecule has 0 fully saturated rings. The van der Waals surface area contributed by atoms with Gasteiger partial charge < -0.3 is 4.74 Å². The van der Waals surface area contributed by atoms with E-state index in [1.807, 2.05) is 32.0 Å². The summed E-state index contributed by atoms with van der Waals surface area (Å²) in [6.07, 6.45) is 8.06. The minimum Gasteiger partial charge on any atom is -0.498 e. The van der Waals surface area contributed by atoms with E-state index in [0.29, 0.717) is 6.61 Å². The van der Waals surface area contributed by atoms with Crippen LogP contribution < -0.4 is 0 Å². The molecule has 1 aromatic carbocycles. The summed E-state index contributed by atoms with van der Waals surface area (Å²) in [6.45, 7) is 4.49. The molecule has 0 aromatic heterocycles. The van der Waals surface area contributed by atoms with E-state index in [9.17, 15) is 4.79 Å². The molecular formula is C20H26O2. The molecule has 1 aliphatic carbocycles. The highest BCUT2D eigenvalue weighted by Gasteiger charge is 2.18. The topological polar surface area (TPSA) is 26.3 Å². The van der Waals surface area contributed by atoms with Crippen molar-refractivity contribution in [3.8, 4) is 0 Å². The molecule has 0 aliphatic heterocycles. The van der Waals surface area contributed by atoms with E-state index in [0.717, 1.165) is 49.0 Å². The molecule has 0 spiro atoms. The second-order valence-corrected chi connectivity index (χ2v) is 5.77. The van der Waals surface area contributed by atoms with Gasteiger partial charge >= 0.3 is 0 Å². The van der Waals surface area contributed by atoms with E-state index in [2.05, 4.69) is 18.2 Å². The fourth-order valence-electron chi connectivity index (χ4n) is 2.86. The van der Waals surface area contributed by atoms with E-state index < -0.39 is 0 Å². The van der Waals surface area contributed by atoms with Crippen molar-refractivity contribution in [1.82, 2.24) is 0 Å². The van der Waals surface area contributed by atoms with Gasteiger partial charge in [0.15, 0.2) is 5.78 Å². The van der Waals surface area contributed by atoms with Crippen molar-refractivity contribution in [3.63, 3.8) is 0 Å². The number of carbonyl (C=O) groups excluding carboxylic acids is 1. The molecule has 0 heterocycles. The summed E-state index contributed by atoms with van der Waals surface area (Å²) in [5.74, 6) is 1.03. The Morgan fingerprint density at radius 1 is 1.18 bits per heavy atom. The number of benzene rings is 1.